The summed E-state index contributed by atoms with van der Waals surface area (Å²) in [5, 5.41) is 0. The lowest BCUT2D eigenvalue weighted by Crippen LogP contribution is -2.23. The van der Waals surface area contributed by atoms with Gasteiger partial charge in [-0.05, 0) is 32.1 Å². The maximum absolute atomic E-state index is 5.65. The Kier molecular flexibility index (Phi) is 4.07. The minimum absolute atomic E-state index is 0.402. The lowest BCUT2D eigenvalue weighted by atomic mass is 9.81. The molecule has 2 unspecified atom stereocenters. The van der Waals surface area contributed by atoms with Crippen molar-refractivity contribution in [1.29, 1.82) is 0 Å². The lowest BCUT2D eigenvalue weighted by Gasteiger charge is -2.29. The smallest absolute Gasteiger partial charge is 0.0519 e. The lowest BCUT2D eigenvalue weighted by molar-refractivity contribution is 0.0256. The molecular weight excluding hydrogens is 148 g/mol. The standard InChI is InChI=1S/C11H22O/c1-9(2)12-8-11-7-5-4-6-10(11)3/h9-11H,4-8H2,1-3H3. The summed E-state index contributed by atoms with van der Waals surface area (Å²) in [6.45, 7) is 7.59. The highest BCUT2D eigenvalue weighted by Crippen LogP contribution is 2.29. The molecule has 0 aromatic heterocycles. The number of rotatable bonds is 3. The summed E-state index contributed by atoms with van der Waals surface area (Å²) in [6, 6.07) is 0. The van der Waals surface area contributed by atoms with Crippen LogP contribution in [0.3, 0.4) is 0 Å². The van der Waals surface area contributed by atoms with Crippen molar-refractivity contribution in [3.63, 3.8) is 0 Å². The normalized spacial score (nSPS) is 31.0. The van der Waals surface area contributed by atoms with Gasteiger partial charge in [0, 0.05) is 6.61 Å². The molecule has 0 heterocycles. The van der Waals surface area contributed by atoms with Crippen LogP contribution in [-0.2, 0) is 4.74 Å². The second-order valence-electron chi connectivity index (χ2n) is 4.40. The quantitative estimate of drug-likeness (QED) is 0.632. The summed E-state index contributed by atoms with van der Waals surface area (Å²) in [6.07, 6.45) is 6.04. The maximum atomic E-state index is 5.65. The highest BCUT2D eigenvalue weighted by Gasteiger charge is 2.21. The second kappa shape index (κ2) is 4.86. The summed E-state index contributed by atoms with van der Waals surface area (Å²) in [5.41, 5.74) is 0. The van der Waals surface area contributed by atoms with Gasteiger partial charge in [-0.3, -0.25) is 0 Å². The SMILES string of the molecule is CC(C)OCC1CCCCC1C. The van der Waals surface area contributed by atoms with Crippen LogP contribution in [0, 0.1) is 11.8 Å². The molecule has 72 valence electrons. The zero-order valence-corrected chi connectivity index (χ0v) is 8.68. The molecule has 1 fully saturated rings. The molecule has 2 atom stereocenters. The van der Waals surface area contributed by atoms with Gasteiger partial charge in [0.1, 0.15) is 0 Å². The molecule has 0 aromatic carbocycles. The van der Waals surface area contributed by atoms with E-state index in [-0.39, 0.29) is 0 Å². The Bertz CT molecular complexity index is 120. The van der Waals surface area contributed by atoms with Crippen molar-refractivity contribution in [2.24, 2.45) is 11.8 Å². The van der Waals surface area contributed by atoms with E-state index in [1.165, 1.54) is 25.7 Å². The Hall–Kier alpha value is -0.0400. The molecule has 0 bridgehead atoms. The van der Waals surface area contributed by atoms with Gasteiger partial charge >= 0.3 is 0 Å². The zero-order valence-electron chi connectivity index (χ0n) is 8.68. The van der Waals surface area contributed by atoms with E-state index in [1.807, 2.05) is 0 Å². The van der Waals surface area contributed by atoms with Crippen LogP contribution in [0.1, 0.15) is 46.5 Å². The Morgan fingerprint density at radius 1 is 1.25 bits per heavy atom. The van der Waals surface area contributed by atoms with Crippen LogP contribution in [0.25, 0.3) is 0 Å². The van der Waals surface area contributed by atoms with Gasteiger partial charge in [-0.25, -0.2) is 0 Å². The molecule has 0 aromatic rings. The molecule has 0 radical (unpaired) electrons. The molecule has 0 spiro atoms. The molecular formula is C11H22O. The molecule has 1 aliphatic carbocycles. The van der Waals surface area contributed by atoms with E-state index < -0.39 is 0 Å². The summed E-state index contributed by atoms with van der Waals surface area (Å²) in [4.78, 5) is 0. The maximum Gasteiger partial charge on any atom is 0.0519 e. The van der Waals surface area contributed by atoms with Gasteiger partial charge in [0.25, 0.3) is 0 Å². The van der Waals surface area contributed by atoms with E-state index in [2.05, 4.69) is 20.8 Å². The third-order valence-corrected chi connectivity index (χ3v) is 2.93. The van der Waals surface area contributed by atoms with Crippen molar-refractivity contribution in [2.45, 2.75) is 52.6 Å². The zero-order chi connectivity index (χ0) is 8.97. The first kappa shape index (κ1) is 10.0. The predicted octanol–water partition coefficient (Wildman–Crippen LogP) is 3.24. The molecule has 12 heavy (non-hydrogen) atoms. The Balaban J connectivity index is 2.20. The average Bonchev–Trinajstić information content (AvgIpc) is 2.03. The van der Waals surface area contributed by atoms with Gasteiger partial charge in [0.2, 0.25) is 0 Å². The van der Waals surface area contributed by atoms with E-state index in [9.17, 15) is 0 Å². The monoisotopic (exact) mass is 170 g/mol. The number of ether oxygens (including phenoxy) is 1. The fraction of sp³-hybridized carbons (Fsp3) is 1.00. The summed E-state index contributed by atoms with van der Waals surface area (Å²) in [7, 11) is 0. The van der Waals surface area contributed by atoms with Crippen LogP contribution in [-0.4, -0.2) is 12.7 Å². The number of hydrogen-bond acceptors (Lipinski definition) is 1. The largest absolute Gasteiger partial charge is 0.378 e. The van der Waals surface area contributed by atoms with Crippen LogP contribution >= 0.6 is 0 Å². The molecule has 1 nitrogen and oxygen atoms in total. The summed E-state index contributed by atoms with van der Waals surface area (Å²) in [5.74, 6) is 1.72. The minimum atomic E-state index is 0.402. The summed E-state index contributed by atoms with van der Waals surface area (Å²) < 4.78 is 5.65. The Morgan fingerprint density at radius 3 is 2.50 bits per heavy atom. The van der Waals surface area contributed by atoms with Crippen LogP contribution in [0.5, 0.6) is 0 Å². The molecule has 1 aliphatic rings. The van der Waals surface area contributed by atoms with Crippen molar-refractivity contribution in [3.8, 4) is 0 Å². The van der Waals surface area contributed by atoms with Crippen LogP contribution in [0.2, 0.25) is 0 Å². The van der Waals surface area contributed by atoms with Crippen molar-refractivity contribution in [3.05, 3.63) is 0 Å². The topological polar surface area (TPSA) is 9.23 Å². The average molecular weight is 170 g/mol. The molecule has 1 rings (SSSR count). The van der Waals surface area contributed by atoms with Crippen LogP contribution in [0.15, 0.2) is 0 Å². The van der Waals surface area contributed by atoms with Crippen molar-refractivity contribution in [1.82, 2.24) is 0 Å². The van der Waals surface area contributed by atoms with E-state index in [4.69, 9.17) is 4.74 Å². The molecule has 0 aliphatic heterocycles. The third kappa shape index (κ3) is 3.14. The fourth-order valence-corrected chi connectivity index (χ4v) is 1.96. The van der Waals surface area contributed by atoms with Gasteiger partial charge in [-0.1, -0.05) is 26.2 Å². The van der Waals surface area contributed by atoms with E-state index in [0.29, 0.717) is 6.10 Å². The highest BCUT2D eigenvalue weighted by molar-refractivity contribution is 4.71. The third-order valence-electron chi connectivity index (χ3n) is 2.93. The molecule has 1 saturated carbocycles. The van der Waals surface area contributed by atoms with E-state index in [0.717, 1.165) is 18.4 Å². The van der Waals surface area contributed by atoms with Crippen molar-refractivity contribution in [2.75, 3.05) is 6.61 Å². The first-order chi connectivity index (χ1) is 5.70. The van der Waals surface area contributed by atoms with Gasteiger partial charge in [-0.15, -0.1) is 0 Å². The minimum Gasteiger partial charge on any atom is -0.378 e. The Morgan fingerprint density at radius 2 is 1.92 bits per heavy atom. The van der Waals surface area contributed by atoms with E-state index in [1.54, 1.807) is 0 Å². The Labute approximate surface area is 76.5 Å². The fourth-order valence-electron chi connectivity index (χ4n) is 1.96. The van der Waals surface area contributed by atoms with Crippen molar-refractivity contribution >= 4 is 0 Å². The molecule has 0 amide bonds. The molecule has 0 N–H and O–H groups in total. The van der Waals surface area contributed by atoms with Crippen LogP contribution in [0.4, 0.5) is 0 Å². The van der Waals surface area contributed by atoms with Crippen LogP contribution < -0.4 is 0 Å². The van der Waals surface area contributed by atoms with E-state index >= 15 is 0 Å². The van der Waals surface area contributed by atoms with Crippen molar-refractivity contribution < 1.29 is 4.74 Å². The van der Waals surface area contributed by atoms with Gasteiger partial charge in [-0.2, -0.15) is 0 Å². The molecule has 1 heteroatoms. The van der Waals surface area contributed by atoms with Gasteiger partial charge in [0.05, 0.1) is 6.10 Å². The molecule has 0 saturated heterocycles. The first-order valence-electron chi connectivity index (χ1n) is 5.31. The highest BCUT2D eigenvalue weighted by atomic mass is 16.5. The van der Waals surface area contributed by atoms with Gasteiger partial charge in [0.15, 0.2) is 0 Å². The van der Waals surface area contributed by atoms with Gasteiger partial charge < -0.3 is 4.74 Å². The number of hydrogen-bond donors (Lipinski definition) is 0. The first-order valence-corrected chi connectivity index (χ1v) is 5.31. The second-order valence-corrected chi connectivity index (χ2v) is 4.40. The summed E-state index contributed by atoms with van der Waals surface area (Å²) >= 11 is 0. The predicted molar refractivity (Wildman–Crippen MR) is 52.2 cm³/mol.